The quantitative estimate of drug-likeness (QED) is 0.618. The Bertz CT molecular complexity index is 601. The molecule has 2 saturated heterocycles. The summed E-state index contributed by atoms with van der Waals surface area (Å²) in [6, 6.07) is 3.93. The maximum absolute atomic E-state index is 12.2. The molecule has 3 heterocycles. The number of anilines is 1. The lowest BCUT2D eigenvalue weighted by molar-refractivity contribution is -0.121. The Morgan fingerprint density at radius 2 is 2.00 bits per heavy atom. The minimum Gasteiger partial charge on any atom is -0.441 e. The van der Waals surface area contributed by atoms with E-state index in [1.54, 1.807) is 11.0 Å². The van der Waals surface area contributed by atoms with Gasteiger partial charge < -0.3 is 9.32 Å². The Balaban J connectivity index is 1.75. The molecule has 0 N–H and O–H groups in total. The summed E-state index contributed by atoms with van der Waals surface area (Å²) >= 11 is 6.57. The van der Waals surface area contributed by atoms with Crippen LogP contribution in [0.5, 0.6) is 0 Å². The first-order chi connectivity index (χ1) is 10.7. The fraction of sp³-hybridized carbons (Fsp3) is 0.500. The second-order valence-electron chi connectivity index (χ2n) is 5.50. The molecule has 0 aromatic carbocycles. The molecule has 2 aliphatic rings. The first kappa shape index (κ1) is 15.6. The molecule has 0 unspecified atom stereocenters. The highest BCUT2D eigenvalue weighted by molar-refractivity contribution is 8.26. The number of likely N-dealkylation sites (N-methyl/N-ethyl adjacent to an activating group) is 1. The highest BCUT2D eigenvalue weighted by atomic mass is 32.2. The summed E-state index contributed by atoms with van der Waals surface area (Å²) in [6.45, 7) is 4.63. The van der Waals surface area contributed by atoms with Crippen LogP contribution in [-0.4, -0.2) is 34.8 Å². The number of hydrogen-bond donors (Lipinski definition) is 0. The molecule has 4 nitrogen and oxygen atoms in total. The summed E-state index contributed by atoms with van der Waals surface area (Å²) < 4.78 is 6.54. The summed E-state index contributed by atoms with van der Waals surface area (Å²) in [7, 11) is 0. The lowest BCUT2D eigenvalue weighted by Gasteiger charge is -2.18. The zero-order chi connectivity index (χ0) is 15.5. The summed E-state index contributed by atoms with van der Waals surface area (Å²) in [6.07, 6.45) is 6.82. The molecule has 1 aromatic rings. The Morgan fingerprint density at radius 3 is 2.64 bits per heavy atom. The molecular weight excluding hydrogens is 316 g/mol. The molecule has 3 rings (SSSR count). The van der Waals surface area contributed by atoms with Gasteiger partial charge in [-0.1, -0.05) is 36.8 Å². The fourth-order valence-electron chi connectivity index (χ4n) is 2.78. The van der Waals surface area contributed by atoms with Crippen LogP contribution in [0.2, 0.25) is 0 Å². The van der Waals surface area contributed by atoms with Crippen molar-refractivity contribution in [3.8, 4) is 0 Å². The van der Waals surface area contributed by atoms with E-state index in [-0.39, 0.29) is 5.91 Å². The van der Waals surface area contributed by atoms with Crippen LogP contribution in [0.3, 0.4) is 0 Å². The number of thioether (sulfide) groups is 1. The third-order valence-corrected chi connectivity index (χ3v) is 5.37. The smallest absolute Gasteiger partial charge is 0.266 e. The zero-order valence-electron chi connectivity index (χ0n) is 12.7. The predicted molar refractivity (Wildman–Crippen MR) is 94.9 cm³/mol. The van der Waals surface area contributed by atoms with Gasteiger partial charge in [0.15, 0.2) is 5.88 Å². The molecule has 2 fully saturated rings. The van der Waals surface area contributed by atoms with Crippen molar-refractivity contribution in [2.75, 3.05) is 24.5 Å². The second kappa shape index (κ2) is 6.87. The molecule has 0 atom stereocenters. The molecular formula is C16H20N2O2S2. The van der Waals surface area contributed by atoms with Crippen LogP contribution in [-0.2, 0) is 4.79 Å². The molecule has 0 spiro atoms. The summed E-state index contributed by atoms with van der Waals surface area (Å²) in [5.41, 5.74) is 0. The normalized spacial score (nSPS) is 21.8. The van der Waals surface area contributed by atoms with Gasteiger partial charge >= 0.3 is 0 Å². The maximum Gasteiger partial charge on any atom is 0.266 e. The van der Waals surface area contributed by atoms with Crippen LogP contribution in [0.25, 0.3) is 6.08 Å². The Morgan fingerprint density at radius 1 is 1.27 bits per heavy atom. The average molecular weight is 336 g/mol. The number of thiocarbonyl (C=S) groups is 1. The van der Waals surface area contributed by atoms with Crippen molar-refractivity contribution in [2.45, 2.75) is 32.6 Å². The third-order valence-electron chi connectivity index (χ3n) is 3.99. The van der Waals surface area contributed by atoms with Gasteiger partial charge in [0.1, 0.15) is 10.1 Å². The first-order valence-electron chi connectivity index (χ1n) is 7.79. The van der Waals surface area contributed by atoms with Crippen LogP contribution in [0.15, 0.2) is 21.5 Å². The van der Waals surface area contributed by atoms with E-state index in [1.807, 2.05) is 19.1 Å². The topological polar surface area (TPSA) is 36.7 Å². The molecule has 118 valence electrons. The van der Waals surface area contributed by atoms with Crippen LogP contribution in [0.1, 0.15) is 38.4 Å². The number of carbonyl (C=O) groups is 1. The van der Waals surface area contributed by atoms with Crippen molar-refractivity contribution in [1.82, 2.24) is 4.90 Å². The predicted octanol–water partition coefficient (Wildman–Crippen LogP) is 3.88. The van der Waals surface area contributed by atoms with Gasteiger partial charge in [0, 0.05) is 31.8 Å². The van der Waals surface area contributed by atoms with Gasteiger partial charge in [-0.25, -0.2) is 0 Å². The minimum absolute atomic E-state index is 0.0229. The number of nitrogens with zero attached hydrogens (tertiary/aromatic N) is 2. The SMILES string of the molecule is CCN1C(=O)C(=Cc2ccc(N3CCCCCC3)o2)SC1=S. The number of hydrogen-bond acceptors (Lipinski definition) is 5. The zero-order valence-corrected chi connectivity index (χ0v) is 14.3. The van der Waals surface area contributed by atoms with Gasteiger partial charge in [-0.2, -0.15) is 0 Å². The Kier molecular flexibility index (Phi) is 4.88. The van der Waals surface area contributed by atoms with E-state index in [1.165, 1.54) is 37.4 Å². The van der Waals surface area contributed by atoms with Crippen molar-refractivity contribution in [3.05, 3.63) is 22.8 Å². The Hall–Kier alpha value is -1.27. The molecule has 0 bridgehead atoms. The molecule has 1 aromatic heterocycles. The lowest BCUT2D eigenvalue weighted by Crippen LogP contribution is -2.27. The van der Waals surface area contributed by atoms with E-state index in [4.69, 9.17) is 16.6 Å². The molecule has 0 saturated carbocycles. The van der Waals surface area contributed by atoms with Crippen molar-refractivity contribution < 1.29 is 9.21 Å². The average Bonchev–Trinajstić information content (AvgIpc) is 2.94. The number of furan rings is 1. The van der Waals surface area contributed by atoms with Crippen LogP contribution in [0, 0.1) is 0 Å². The van der Waals surface area contributed by atoms with Gasteiger partial charge in [0.05, 0.1) is 4.91 Å². The third kappa shape index (κ3) is 3.22. The number of rotatable bonds is 3. The number of carbonyl (C=O) groups excluding carboxylic acids is 1. The van der Waals surface area contributed by atoms with E-state index < -0.39 is 0 Å². The first-order valence-corrected chi connectivity index (χ1v) is 9.01. The highest BCUT2D eigenvalue weighted by Crippen LogP contribution is 2.33. The van der Waals surface area contributed by atoms with Crippen molar-refractivity contribution in [3.63, 3.8) is 0 Å². The van der Waals surface area contributed by atoms with Crippen LogP contribution < -0.4 is 4.90 Å². The Labute approximate surface area is 140 Å². The summed E-state index contributed by atoms with van der Waals surface area (Å²) in [5.74, 6) is 1.60. The molecule has 0 radical (unpaired) electrons. The van der Waals surface area contributed by atoms with Gasteiger partial charge in [0.2, 0.25) is 0 Å². The van der Waals surface area contributed by atoms with E-state index in [0.717, 1.165) is 24.7 Å². The van der Waals surface area contributed by atoms with Crippen molar-refractivity contribution >= 4 is 46.2 Å². The molecule has 6 heteroatoms. The van der Waals surface area contributed by atoms with Gasteiger partial charge in [-0.3, -0.25) is 9.69 Å². The van der Waals surface area contributed by atoms with Gasteiger partial charge in [-0.05, 0) is 25.8 Å². The minimum atomic E-state index is -0.0229. The second-order valence-corrected chi connectivity index (χ2v) is 7.18. The standard InChI is InChI=1S/C16H20N2O2S2/c1-2-18-15(19)13(22-16(18)21)11-12-7-8-14(20-12)17-9-5-3-4-6-10-17/h7-8,11H,2-6,9-10H2,1H3. The monoisotopic (exact) mass is 336 g/mol. The fourth-order valence-corrected chi connectivity index (χ4v) is 4.15. The van der Waals surface area contributed by atoms with Gasteiger partial charge in [0.25, 0.3) is 5.91 Å². The largest absolute Gasteiger partial charge is 0.441 e. The maximum atomic E-state index is 12.2. The molecule has 1 amide bonds. The molecule has 2 aliphatic heterocycles. The van der Waals surface area contributed by atoms with Crippen LogP contribution in [0.4, 0.5) is 5.88 Å². The molecule has 22 heavy (non-hydrogen) atoms. The van der Waals surface area contributed by atoms with E-state index in [0.29, 0.717) is 15.8 Å². The van der Waals surface area contributed by atoms with Crippen molar-refractivity contribution in [2.24, 2.45) is 0 Å². The summed E-state index contributed by atoms with van der Waals surface area (Å²) in [5, 5.41) is 0. The summed E-state index contributed by atoms with van der Waals surface area (Å²) in [4.78, 5) is 16.8. The molecule has 0 aliphatic carbocycles. The number of amides is 1. The van der Waals surface area contributed by atoms with E-state index in [9.17, 15) is 4.79 Å². The van der Waals surface area contributed by atoms with Crippen molar-refractivity contribution in [1.29, 1.82) is 0 Å². The highest BCUT2D eigenvalue weighted by Gasteiger charge is 2.30. The van der Waals surface area contributed by atoms with Crippen LogP contribution >= 0.6 is 24.0 Å². The van der Waals surface area contributed by atoms with E-state index in [2.05, 4.69) is 4.90 Å². The van der Waals surface area contributed by atoms with E-state index >= 15 is 0 Å². The van der Waals surface area contributed by atoms with Gasteiger partial charge in [-0.15, -0.1) is 0 Å². The lowest BCUT2D eigenvalue weighted by atomic mass is 10.2.